The summed E-state index contributed by atoms with van der Waals surface area (Å²) in [5.41, 5.74) is 20.7. The van der Waals surface area contributed by atoms with Gasteiger partial charge in [-0.3, -0.25) is 0 Å². The average Bonchev–Trinajstić information content (AvgIpc) is 4.17. The van der Waals surface area contributed by atoms with Gasteiger partial charge in [0.25, 0.3) is 0 Å². The molecule has 0 unspecified atom stereocenters. The van der Waals surface area contributed by atoms with Crippen molar-refractivity contribution >= 4 is 99.3 Å². The van der Waals surface area contributed by atoms with Crippen molar-refractivity contribution in [1.29, 1.82) is 0 Å². The van der Waals surface area contributed by atoms with Gasteiger partial charge in [-0.25, -0.2) is 0 Å². The van der Waals surface area contributed by atoms with Gasteiger partial charge in [0.15, 0.2) is 0 Å². The quantitative estimate of drug-likeness (QED) is 0.156. The van der Waals surface area contributed by atoms with E-state index >= 15 is 0 Å². The van der Waals surface area contributed by atoms with Crippen LogP contribution in [-0.2, 0) is 10.8 Å². The lowest BCUT2D eigenvalue weighted by atomic mass is 9.26. The lowest BCUT2D eigenvalue weighted by Crippen LogP contribution is -2.68. The van der Waals surface area contributed by atoms with Crippen LogP contribution in [-0.4, -0.2) is 15.5 Å². The Bertz CT molecular complexity index is 4310. The number of fused-ring (bicyclic) bond motifs is 16. The van der Waals surface area contributed by atoms with Crippen LogP contribution in [0.3, 0.4) is 0 Å². The Morgan fingerprint density at radius 1 is 0.254 bits per heavy atom. The van der Waals surface area contributed by atoms with Crippen molar-refractivity contribution in [2.45, 2.75) is 10.8 Å². The monoisotopic (exact) mass is 896 g/mol. The van der Waals surface area contributed by atoms with Gasteiger partial charge in [-0.05, 0) is 68.8 Å². The zero-order valence-corrected chi connectivity index (χ0v) is 38.6. The molecular formula is C68H41BN2. The SMILES string of the molecule is c1ccc(C2(c3ccccc3)c3cc4c(cc3B3c5cc6c7cccc8c9ccccc9n(c6cc5C(c5ccccc5)(c5ccccc5)c5cccc2c53)c87)c2cccc3c5ccccc5n4c32)cc1. The van der Waals surface area contributed by atoms with E-state index in [2.05, 4.69) is 258 Å². The summed E-state index contributed by atoms with van der Waals surface area (Å²) in [4.78, 5) is 0. The van der Waals surface area contributed by atoms with Crippen LogP contribution in [0.1, 0.15) is 44.5 Å². The third-order valence-electron chi connectivity index (χ3n) is 17.2. The Morgan fingerprint density at radius 2 is 0.577 bits per heavy atom. The van der Waals surface area contributed by atoms with Crippen LogP contribution < -0.4 is 16.4 Å². The highest BCUT2D eigenvalue weighted by Crippen LogP contribution is 2.54. The molecule has 2 nitrogen and oxygen atoms in total. The van der Waals surface area contributed by atoms with E-state index in [-0.39, 0.29) is 6.71 Å². The summed E-state index contributed by atoms with van der Waals surface area (Å²) < 4.78 is 5.14. The van der Waals surface area contributed by atoms with Gasteiger partial charge in [0.1, 0.15) is 0 Å². The van der Waals surface area contributed by atoms with E-state index in [0.717, 1.165) is 0 Å². The average molecular weight is 897 g/mol. The molecule has 0 spiro atoms. The van der Waals surface area contributed by atoms with Gasteiger partial charge in [0, 0.05) is 43.1 Å². The molecule has 17 rings (SSSR count). The van der Waals surface area contributed by atoms with Gasteiger partial charge in [-0.2, -0.15) is 0 Å². The first-order valence-electron chi connectivity index (χ1n) is 25.0. The van der Waals surface area contributed by atoms with E-state index in [1.807, 2.05) is 0 Å². The van der Waals surface area contributed by atoms with Gasteiger partial charge in [0.05, 0.1) is 43.9 Å². The zero-order chi connectivity index (χ0) is 46.2. The second kappa shape index (κ2) is 13.4. The third-order valence-corrected chi connectivity index (χ3v) is 17.2. The molecule has 0 aliphatic carbocycles. The number of benzene rings is 11. The minimum atomic E-state index is -0.679. The smallest absolute Gasteiger partial charge is 0.242 e. The molecule has 0 fully saturated rings. The van der Waals surface area contributed by atoms with Crippen LogP contribution in [0.2, 0.25) is 0 Å². The molecule has 0 amide bonds. The lowest BCUT2D eigenvalue weighted by Gasteiger charge is -2.51. The Balaban J connectivity index is 1.13. The van der Waals surface area contributed by atoms with E-state index in [1.165, 1.54) is 137 Å². The fourth-order valence-electron chi connectivity index (χ4n) is 14.7. The maximum absolute atomic E-state index is 2.64. The lowest BCUT2D eigenvalue weighted by molar-refractivity contribution is 0.724. The molecule has 6 heterocycles. The van der Waals surface area contributed by atoms with Crippen molar-refractivity contribution in [3.63, 3.8) is 0 Å². The molecule has 11 aromatic carbocycles. The van der Waals surface area contributed by atoms with Crippen LogP contribution in [0.25, 0.3) is 76.2 Å². The maximum Gasteiger partial charge on any atom is 0.242 e. The van der Waals surface area contributed by atoms with E-state index in [1.54, 1.807) is 0 Å². The highest BCUT2D eigenvalue weighted by atomic mass is 14.9. The third kappa shape index (κ3) is 4.44. The first-order chi connectivity index (χ1) is 35.3. The predicted molar refractivity (Wildman–Crippen MR) is 297 cm³/mol. The molecule has 4 aromatic heterocycles. The number of hydrogen-bond acceptors (Lipinski definition) is 0. The molecule has 0 radical (unpaired) electrons. The molecule has 2 aliphatic rings. The van der Waals surface area contributed by atoms with Gasteiger partial charge in [0.2, 0.25) is 6.71 Å². The Morgan fingerprint density at radius 3 is 0.972 bits per heavy atom. The number of aromatic nitrogens is 2. The van der Waals surface area contributed by atoms with E-state index in [9.17, 15) is 0 Å². The number of para-hydroxylation sites is 4. The van der Waals surface area contributed by atoms with Crippen molar-refractivity contribution in [3.05, 3.63) is 293 Å². The van der Waals surface area contributed by atoms with Crippen LogP contribution in [0.15, 0.2) is 249 Å². The molecule has 2 aliphatic heterocycles. The fourth-order valence-corrected chi connectivity index (χ4v) is 14.7. The zero-order valence-electron chi connectivity index (χ0n) is 38.6. The molecule has 3 heteroatoms. The summed E-state index contributed by atoms with van der Waals surface area (Å²) in [5, 5.41) is 10.4. The first-order valence-corrected chi connectivity index (χ1v) is 25.0. The Labute approximate surface area is 410 Å². The molecule has 71 heavy (non-hydrogen) atoms. The second-order valence-electron chi connectivity index (χ2n) is 20.2. The predicted octanol–water partition coefficient (Wildman–Crippen LogP) is 13.9. The number of hydrogen-bond donors (Lipinski definition) is 0. The number of rotatable bonds is 4. The Hall–Kier alpha value is -8.92. The molecule has 0 saturated heterocycles. The van der Waals surface area contributed by atoms with Crippen molar-refractivity contribution in [2.24, 2.45) is 0 Å². The van der Waals surface area contributed by atoms with Gasteiger partial charge < -0.3 is 8.80 Å². The summed E-state index contributed by atoms with van der Waals surface area (Å²) in [5.74, 6) is 0. The fraction of sp³-hybridized carbons (Fsp3) is 0.0294. The topological polar surface area (TPSA) is 8.82 Å². The van der Waals surface area contributed by atoms with Crippen LogP contribution in [0.5, 0.6) is 0 Å². The van der Waals surface area contributed by atoms with E-state index in [0.29, 0.717) is 0 Å². The van der Waals surface area contributed by atoms with Gasteiger partial charge in [-0.15, -0.1) is 0 Å². The first kappa shape index (κ1) is 38.0. The highest BCUT2D eigenvalue weighted by molar-refractivity contribution is 6.98. The van der Waals surface area contributed by atoms with Crippen molar-refractivity contribution in [2.75, 3.05) is 0 Å². The van der Waals surface area contributed by atoms with E-state index in [4.69, 9.17) is 0 Å². The number of nitrogens with zero attached hydrogens (tertiary/aromatic N) is 2. The summed E-state index contributed by atoms with van der Waals surface area (Å²) in [6.07, 6.45) is 0. The minimum absolute atomic E-state index is 0.0882. The molecule has 0 N–H and O–H groups in total. The highest BCUT2D eigenvalue weighted by Gasteiger charge is 2.56. The summed E-state index contributed by atoms with van der Waals surface area (Å²) in [6.45, 7) is -0.0882. The summed E-state index contributed by atoms with van der Waals surface area (Å²) in [6, 6.07) is 95.3. The van der Waals surface area contributed by atoms with Crippen molar-refractivity contribution < 1.29 is 0 Å². The van der Waals surface area contributed by atoms with Gasteiger partial charge in [-0.1, -0.05) is 241 Å². The second-order valence-corrected chi connectivity index (χ2v) is 20.2. The van der Waals surface area contributed by atoms with Crippen molar-refractivity contribution in [3.8, 4) is 0 Å². The van der Waals surface area contributed by atoms with E-state index < -0.39 is 10.8 Å². The van der Waals surface area contributed by atoms with Crippen LogP contribution in [0, 0.1) is 0 Å². The van der Waals surface area contributed by atoms with Gasteiger partial charge >= 0.3 is 0 Å². The van der Waals surface area contributed by atoms with Crippen LogP contribution >= 0.6 is 0 Å². The largest absolute Gasteiger partial charge is 0.308 e. The normalized spacial score (nSPS) is 14.7. The minimum Gasteiger partial charge on any atom is -0.308 e. The molecule has 326 valence electrons. The Kier molecular flexibility index (Phi) is 7.19. The molecule has 0 atom stereocenters. The summed E-state index contributed by atoms with van der Waals surface area (Å²) >= 11 is 0. The molecule has 0 bridgehead atoms. The molecular weight excluding hydrogens is 856 g/mol. The maximum atomic E-state index is 2.64. The standard InChI is InChI=1S/C68H41BN2/c1-5-20-42(21-6-1)67(43-22-7-2-8-23-43)54-34-19-35-55-64(54)69(58-38-52-50-32-17-30-48-46-28-13-15-36-60(46)70(65(48)50)62(52)40-56(58)67)59-39-53-51-33-18-31-49-47-29-14-16-37-61(47)71(66(49)51)63(53)41-57(59)68(55,44-24-9-3-10-25-44)45-26-11-4-12-27-45/h1-41H. The van der Waals surface area contributed by atoms with Crippen molar-refractivity contribution in [1.82, 2.24) is 8.80 Å². The molecule has 15 aromatic rings. The summed E-state index contributed by atoms with van der Waals surface area (Å²) in [7, 11) is 0. The molecule has 0 saturated carbocycles. The van der Waals surface area contributed by atoms with Crippen LogP contribution in [0.4, 0.5) is 0 Å².